The molecule has 1 atom stereocenters. The minimum atomic E-state index is -0.159. The summed E-state index contributed by atoms with van der Waals surface area (Å²) in [5.41, 5.74) is 8.76. The smallest absolute Gasteiger partial charge is 0.231 e. The van der Waals surface area contributed by atoms with Gasteiger partial charge in [0.15, 0.2) is 11.7 Å². The Balaban J connectivity index is 1.68. The number of carbonyl (C=O) groups is 1. The Morgan fingerprint density at radius 3 is 2.33 bits per heavy atom. The zero-order chi connectivity index (χ0) is 28.6. The fourth-order valence-corrected chi connectivity index (χ4v) is 3.60. The summed E-state index contributed by atoms with van der Waals surface area (Å²) in [5.74, 6) is 0.471. The molecule has 1 heterocycles. The summed E-state index contributed by atoms with van der Waals surface area (Å²) in [7, 11) is 0. The maximum atomic E-state index is 12.9. The van der Waals surface area contributed by atoms with Crippen LogP contribution >= 0.6 is 0 Å². The number of guanidine groups is 2. The van der Waals surface area contributed by atoms with Gasteiger partial charge in [-0.3, -0.25) is 25.4 Å². The number of hydrogen-bond acceptors (Lipinski definition) is 9. The van der Waals surface area contributed by atoms with E-state index in [1.807, 2.05) is 43.3 Å². The molecule has 0 saturated carbocycles. The molecule has 0 aliphatic rings. The van der Waals surface area contributed by atoms with Crippen LogP contribution in [0.25, 0.3) is 0 Å². The average Bonchev–Trinajstić information content (AvgIpc) is 3.45. The number of nitrogens with one attached hydrogen (secondary N) is 2. The lowest BCUT2D eigenvalue weighted by Gasteiger charge is -2.11. The van der Waals surface area contributed by atoms with Crippen molar-refractivity contribution in [1.82, 2.24) is 10.5 Å². The van der Waals surface area contributed by atoms with Crippen molar-refractivity contribution in [3.8, 4) is 0 Å². The molecular formula is C28H36N6O6. The van der Waals surface area contributed by atoms with Crippen LogP contribution in [0.15, 0.2) is 75.2 Å². The van der Waals surface area contributed by atoms with Crippen LogP contribution in [0, 0.1) is 0 Å². The number of ketones is 1. The summed E-state index contributed by atoms with van der Waals surface area (Å²) in [5, 5.41) is 27.7. The lowest BCUT2D eigenvalue weighted by Crippen LogP contribution is -2.41. The number of aliphatic hydroxyl groups is 2. The second kappa shape index (κ2) is 16.8. The SMILES string of the molecule is CC(c1cccc(C(=O)c2ccccc2)c1)c1cc(NC(=NCCOCCO)NC(N)=NCCOCCO)on1. The van der Waals surface area contributed by atoms with E-state index in [9.17, 15) is 4.79 Å². The van der Waals surface area contributed by atoms with Crippen molar-refractivity contribution in [3.05, 3.63) is 83.0 Å². The van der Waals surface area contributed by atoms with Gasteiger partial charge < -0.3 is 29.9 Å². The molecule has 0 spiro atoms. The highest BCUT2D eigenvalue weighted by atomic mass is 16.5. The lowest BCUT2D eigenvalue weighted by atomic mass is 9.94. The Morgan fingerprint density at radius 2 is 1.62 bits per heavy atom. The largest absolute Gasteiger partial charge is 0.394 e. The fraction of sp³-hybridized carbons (Fsp3) is 0.357. The molecule has 2 aromatic carbocycles. The number of anilines is 1. The van der Waals surface area contributed by atoms with Gasteiger partial charge in [0.1, 0.15) is 0 Å². The minimum absolute atomic E-state index is 0.0498. The first-order valence-electron chi connectivity index (χ1n) is 12.9. The van der Waals surface area contributed by atoms with Gasteiger partial charge in [0.2, 0.25) is 11.8 Å². The quantitative estimate of drug-likeness (QED) is 0.0808. The predicted octanol–water partition coefficient (Wildman–Crippen LogP) is 1.75. The molecule has 12 heteroatoms. The number of rotatable bonds is 15. The van der Waals surface area contributed by atoms with Crippen LogP contribution < -0.4 is 16.4 Å². The molecule has 3 aromatic rings. The number of carbonyl (C=O) groups excluding carboxylic acids is 1. The summed E-state index contributed by atoms with van der Waals surface area (Å²) in [6.45, 7) is 3.44. The van der Waals surface area contributed by atoms with Gasteiger partial charge in [-0.15, -0.1) is 0 Å². The number of aliphatic imine (C=N–C) groups is 2. The number of aromatic nitrogens is 1. The molecule has 214 valence electrons. The monoisotopic (exact) mass is 552 g/mol. The first-order valence-corrected chi connectivity index (χ1v) is 12.9. The van der Waals surface area contributed by atoms with Crippen molar-refractivity contribution in [2.24, 2.45) is 15.7 Å². The standard InChI is InChI=1S/C28H36N6O6/c1-20(22-8-5-9-23(18-22)26(37)21-6-3-2-4-7-21)24-19-25(40-34-24)32-28(31-11-15-39-17-13-36)33-27(29)30-10-14-38-16-12-35/h2-9,18-20,35-36H,10-17H2,1H3,(H4,29,30,31,32,33). The number of nitrogens with zero attached hydrogens (tertiary/aromatic N) is 3. The van der Waals surface area contributed by atoms with Crippen molar-refractivity contribution >= 4 is 23.6 Å². The van der Waals surface area contributed by atoms with E-state index in [4.69, 9.17) is 29.9 Å². The molecule has 1 unspecified atom stereocenters. The number of hydrogen-bond donors (Lipinski definition) is 5. The second-order valence-electron chi connectivity index (χ2n) is 8.58. The number of nitrogens with two attached hydrogens (primary N) is 1. The number of aliphatic hydroxyl groups excluding tert-OH is 2. The average molecular weight is 553 g/mol. The third-order valence-electron chi connectivity index (χ3n) is 5.64. The summed E-state index contributed by atoms with van der Waals surface area (Å²) >= 11 is 0. The minimum Gasteiger partial charge on any atom is -0.394 e. The summed E-state index contributed by atoms with van der Waals surface area (Å²) in [6.07, 6.45) is 0. The van der Waals surface area contributed by atoms with Crippen LogP contribution in [0.1, 0.15) is 40.0 Å². The second-order valence-corrected chi connectivity index (χ2v) is 8.58. The van der Waals surface area contributed by atoms with Crippen molar-refractivity contribution in [2.75, 3.05) is 58.0 Å². The summed E-state index contributed by atoms with van der Waals surface area (Å²) < 4.78 is 15.9. The summed E-state index contributed by atoms with van der Waals surface area (Å²) in [6, 6.07) is 18.3. The Bertz CT molecular complexity index is 1250. The maximum absolute atomic E-state index is 12.9. The number of ether oxygens (including phenoxy) is 2. The van der Waals surface area contributed by atoms with E-state index in [0.29, 0.717) is 35.9 Å². The fourth-order valence-electron chi connectivity index (χ4n) is 3.60. The third-order valence-corrected chi connectivity index (χ3v) is 5.64. The summed E-state index contributed by atoms with van der Waals surface area (Å²) in [4.78, 5) is 21.5. The molecule has 0 aliphatic heterocycles. The highest BCUT2D eigenvalue weighted by Gasteiger charge is 2.17. The van der Waals surface area contributed by atoms with Gasteiger partial charge >= 0.3 is 0 Å². The lowest BCUT2D eigenvalue weighted by molar-refractivity contribution is 0.0977. The van der Waals surface area contributed by atoms with Gasteiger partial charge in [0, 0.05) is 23.1 Å². The van der Waals surface area contributed by atoms with Gasteiger partial charge in [-0.2, -0.15) is 0 Å². The molecule has 0 saturated heterocycles. The van der Waals surface area contributed by atoms with E-state index >= 15 is 0 Å². The Hall–Kier alpha value is -4.10. The van der Waals surface area contributed by atoms with E-state index < -0.39 is 0 Å². The highest BCUT2D eigenvalue weighted by Crippen LogP contribution is 2.26. The molecule has 0 bridgehead atoms. The van der Waals surface area contributed by atoms with Crippen molar-refractivity contribution in [1.29, 1.82) is 0 Å². The van der Waals surface area contributed by atoms with E-state index in [1.165, 1.54) is 0 Å². The molecule has 3 rings (SSSR count). The van der Waals surface area contributed by atoms with Gasteiger partial charge in [-0.05, 0) is 11.6 Å². The third kappa shape index (κ3) is 9.89. The highest BCUT2D eigenvalue weighted by molar-refractivity contribution is 6.09. The first kappa shape index (κ1) is 30.4. The zero-order valence-electron chi connectivity index (χ0n) is 22.5. The van der Waals surface area contributed by atoms with Crippen molar-refractivity contribution in [3.63, 3.8) is 0 Å². The maximum Gasteiger partial charge on any atom is 0.231 e. The molecule has 0 aliphatic carbocycles. The Labute approximate surface area is 232 Å². The topological polar surface area (TPSA) is 177 Å². The molecule has 0 radical (unpaired) electrons. The number of benzene rings is 2. The molecule has 12 nitrogen and oxygen atoms in total. The van der Waals surface area contributed by atoms with E-state index in [-0.39, 0.29) is 63.2 Å². The van der Waals surface area contributed by atoms with Gasteiger partial charge in [-0.1, -0.05) is 60.6 Å². The molecule has 1 aromatic heterocycles. The van der Waals surface area contributed by atoms with Gasteiger partial charge in [0.05, 0.1) is 58.4 Å². The van der Waals surface area contributed by atoms with E-state index in [0.717, 1.165) is 5.56 Å². The van der Waals surface area contributed by atoms with Crippen LogP contribution in [0.4, 0.5) is 5.88 Å². The van der Waals surface area contributed by atoms with E-state index in [1.54, 1.807) is 24.3 Å². The van der Waals surface area contributed by atoms with Crippen LogP contribution in [0.5, 0.6) is 0 Å². The molecular weight excluding hydrogens is 516 g/mol. The van der Waals surface area contributed by atoms with Crippen molar-refractivity contribution in [2.45, 2.75) is 12.8 Å². The van der Waals surface area contributed by atoms with Crippen molar-refractivity contribution < 1.29 is 29.0 Å². The van der Waals surface area contributed by atoms with Gasteiger partial charge in [0.25, 0.3) is 0 Å². The molecule has 6 N–H and O–H groups in total. The molecule has 0 amide bonds. The van der Waals surface area contributed by atoms with Crippen LogP contribution in [-0.4, -0.2) is 85.8 Å². The Kier molecular flexibility index (Phi) is 12.8. The van der Waals surface area contributed by atoms with Crippen LogP contribution in [0.3, 0.4) is 0 Å². The molecule has 0 fully saturated rings. The Morgan fingerprint density at radius 1 is 0.950 bits per heavy atom. The predicted molar refractivity (Wildman–Crippen MR) is 152 cm³/mol. The van der Waals surface area contributed by atoms with Crippen LogP contribution in [-0.2, 0) is 9.47 Å². The molecule has 40 heavy (non-hydrogen) atoms. The first-order chi connectivity index (χ1) is 19.5. The zero-order valence-corrected chi connectivity index (χ0v) is 22.5. The van der Waals surface area contributed by atoms with E-state index in [2.05, 4.69) is 25.8 Å². The normalized spacial score (nSPS) is 12.8. The van der Waals surface area contributed by atoms with Crippen LogP contribution in [0.2, 0.25) is 0 Å². The van der Waals surface area contributed by atoms with Gasteiger partial charge in [-0.25, -0.2) is 0 Å².